The molecule has 6 heteroatoms. The van der Waals surface area contributed by atoms with Crippen LogP contribution in [0.1, 0.15) is 6.92 Å². The van der Waals surface area contributed by atoms with Gasteiger partial charge in [-0.1, -0.05) is 6.92 Å². The Labute approximate surface area is 108 Å². The van der Waals surface area contributed by atoms with Gasteiger partial charge >= 0.3 is 0 Å². The predicted molar refractivity (Wildman–Crippen MR) is 73.9 cm³/mol. The standard InChI is InChI=1S/C10H12ClN3S2/c1-6(15-2)5-12-8-7-3-4-16-9(7)14-10(11)13-8/h3-4,6H,5H2,1-2H3,(H,12,13,14). The lowest BCUT2D eigenvalue weighted by Crippen LogP contribution is -2.13. The zero-order valence-corrected chi connectivity index (χ0v) is 11.4. The summed E-state index contributed by atoms with van der Waals surface area (Å²) in [5, 5.41) is 7.20. The maximum atomic E-state index is 5.87. The van der Waals surface area contributed by atoms with Crippen molar-refractivity contribution in [2.45, 2.75) is 12.2 Å². The lowest BCUT2D eigenvalue weighted by molar-refractivity contribution is 0.992. The fraction of sp³-hybridized carbons (Fsp3) is 0.400. The first-order valence-electron chi connectivity index (χ1n) is 4.88. The van der Waals surface area contributed by atoms with Gasteiger partial charge in [0.15, 0.2) is 0 Å². The molecule has 86 valence electrons. The minimum absolute atomic E-state index is 0.300. The summed E-state index contributed by atoms with van der Waals surface area (Å²) in [6, 6.07) is 2.02. The summed E-state index contributed by atoms with van der Waals surface area (Å²) in [5.41, 5.74) is 0. The second kappa shape index (κ2) is 5.21. The van der Waals surface area contributed by atoms with Crippen LogP contribution in [-0.2, 0) is 0 Å². The Bertz CT molecular complexity index is 486. The van der Waals surface area contributed by atoms with Crippen molar-refractivity contribution in [2.24, 2.45) is 0 Å². The van der Waals surface area contributed by atoms with E-state index in [4.69, 9.17) is 11.6 Å². The Kier molecular flexibility index (Phi) is 3.89. The quantitative estimate of drug-likeness (QED) is 0.865. The Morgan fingerprint density at radius 2 is 2.38 bits per heavy atom. The number of thioether (sulfide) groups is 1. The van der Waals surface area contributed by atoms with Gasteiger partial charge in [-0.15, -0.1) is 11.3 Å². The number of hydrogen-bond acceptors (Lipinski definition) is 5. The highest BCUT2D eigenvalue weighted by atomic mass is 35.5. The number of thiophene rings is 1. The Balaban J connectivity index is 2.25. The van der Waals surface area contributed by atoms with Crippen LogP contribution in [0.2, 0.25) is 5.28 Å². The molecule has 0 spiro atoms. The number of rotatable bonds is 4. The molecule has 0 radical (unpaired) electrons. The fourth-order valence-electron chi connectivity index (χ4n) is 1.29. The van der Waals surface area contributed by atoms with E-state index in [1.54, 1.807) is 11.3 Å². The minimum Gasteiger partial charge on any atom is -0.368 e. The SMILES string of the molecule is CSC(C)CNc1nc(Cl)nc2sccc12. The second-order valence-electron chi connectivity index (χ2n) is 3.41. The van der Waals surface area contributed by atoms with Gasteiger partial charge in [0.1, 0.15) is 10.6 Å². The van der Waals surface area contributed by atoms with Crippen LogP contribution >= 0.6 is 34.7 Å². The van der Waals surface area contributed by atoms with E-state index < -0.39 is 0 Å². The summed E-state index contributed by atoms with van der Waals surface area (Å²) in [4.78, 5) is 9.32. The molecule has 1 atom stereocenters. The van der Waals surface area contributed by atoms with E-state index >= 15 is 0 Å². The molecule has 0 aliphatic heterocycles. The average Bonchev–Trinajstić information content (AvgIpc) is 2.73. The van der Waals surface area contributed by atoms with E-state index in [9.17, 15) is 0 Å². The lowest BCUT2D eigenvalue weighted by Gasteiger charge is -2.11. The monoisotopic (exact) mass is 273 g/mol. The topological polar surface area (TPSA) is 37.8 Å². The summed E-state index contributed by atoms with van der Waals surface area (Å²) in [7, 11) is 0. The van der Waals surface area contributed by atoms with Crippen molar-refractivity contribution >= 4 is 50.7 Å². The van der Waals surface area contributed by atoms with Gasteiger partial charge in [-0.05, 0) is 29.3 Å². The van der Waals surface area contributed by atoms with Crippen molar-refractivity contribution in [3.63, 3.8) is 0 Å². The van der Waals surface area contributed by atoms with Crippen LogP contribution in [0.4, 0.5) is 5.82 Å². The van der Waals surface area contributed by atoms with Crippen LogP contribution in [0, 0.1) is 0 Å². The van der Waals surface area contributed by atoms with E-state index in [-0.39, 0.29) is 0 Å². The molecule has 2 rings (SSSR count). The van der Waals surface area contributed by atoms with Crippen LogP contribution < -0.4 is 5.32 Å². The van der Waals surface area contributed by atoms with Crippen molar-refractivity contribution in [2.75, 3.05) is 18.1 Å². The van der Waals surface area contributed by atoms with Crippen LogP contribution in [0.15, 0.2) is 11.4 Å². The van der Waals surface area contributed by atoms with Crippen molar-refractivity contribution < 1.29 is 0 Å². The van der Waals surface area contributed by atoms with Crippen molar-refractivity contribution in [1.29, 1.82) is 0 Å². The maximum Gasteiger partial charge on any atom is 0.225 e. The number of nitrogens with one attached hydrogen (secondary N) is 1. The van der Waals surface area contributed by atoms with Gasteiger partial charge in [-0.3, -0.25) is 0 Å². The van der Waals surface area contributed by atoms with Crippen molar-refractivity contribution in [1.82, 2.24) is 9.97 Å². The van der Waals surface area contributed by atoms with Crippen LogP contribution in [0.25, 0.3) is 10.2 Å². The molecular formula is C10H12ClN3S2. The first kappa shape index (κ1) is 12.0. The molecule has 2 aromatic heterocycles. The van der Waals surface area contributed by atoms with Crippen LogP contribution in [0.5, 0.6) is 0 Å². The highest BCUT2D eigenvalue weighted by molar-refractivity contribution is 7.99. The first-order chi connectivity index (χ1) is 7.70. The van der Waals surface area contributed by atoms with E-state index in [0.29, 0.717) is 10.5 Å². The third-order valence-corrected chi connectivity index (χ3v) is 4.20. The highest BCUT2D eigenvalue weighted by Crippen LogP contribution is 2.26. The first-order valence-corrected chi connectivity index (χ1v) is 7.42. The molecule has 0 aliphatic carbocycles. The molecule has 0 saturated carbocycles. The minimum atomic E-state index is 0.300. The van der Waals surface area contributed by atoms with Crippen molar-refractivity contribution in [3.8, 4) is 0 Å². The summed E-state index contributed by atoms with van der Waals surface area (Å²) in [5.74, 6) is 0.831. The molecule has 0 aromatic carbocycles. The molecule has 0 amide bonds. The normalized spacial score (nSPS) is 12.9. The molecular weight excluding hydrogens is 262 g/mol. The van der Waals surface area contributed by atoms with Gasteiger partial charge in [-0.2, -0.15) is 11.8 Å². The second-order valence-corrected chi connectivity index (χ2v) is 5.92. The van der Waals surface area contributed by atoms with Crippen molar-refractivity contribution in [3.05, 3.63) is 16.7 Å². The highest BCUT2D eigenvalue weighted by Gasteiger charge is 2.08. The number of aromatic nitrogens is 2. The third kappa shape index (κ3) is 2.59. The predicted octanol–water partition coefficient (Wildman–Crippen LogP) is 3.51. The lowest BCUT2D eigenvalue weighted by atomic mass is 10.3. The zero-order chi connectivity index (χ0) is 11.5. The number of fused-ring (bicyclic) bond motifs is 1. The van der Waals surface area contributed by atoms with E-state index in [0.717, 1.165) is 22.6 Å². The Morgan fingerprint density at radius 3 is 3.12 bits per heavy atom. The molecule has 1 unspecified atom stereocenters. The summed E-state index contributed by atoms with van der Waals surface area (Å²) in [6.45, 7) is 3.05. The van der Waals surface area contributed by atoms with Gasteiger partial charge in [0.25, 0.3) is 0 Å². The summed E-state index contributed by atoms with van der Waals surface area (Å²) in [6.07, 6.45) is 2.10. The average molecular weight is 274 g/mol. The molecule has 3 nitrogen and oxygen atoms in total. The summed E-state index contributed by atoms with van der Waals surface area (Å²) < 4.78 is 0. The fourth-order valence-corrected chi connectivity index (χ4v) is 2.52. The number of nitrogens with zero attached hydrogens (tertiary/aromatic N) is 2. The molecule has 0 bridgehead atoms. The number of hydrogen-bond donors (Lipinski definition) is 1. The van der Waals surface area contributed by atoms with E-state index in [2.05, 4.69) is 28.5 Å². The molecule has 2 aromatic rings. The van der Waals surface area contributed by atoms with Gasteiger partial charge in [0.2, 0.25) is 5.28 Å². The Morgan fingerprint density at radius 1 is 1.56 bits per heavy atom. The molecule has 1 N–H and O–H groups in total. The Hall–Kier alpha value is -0.520. The molecule has 2 heterocycles. The number of anilines is 1. The van der Waals surface area contributed by atoms with Gasteiger partial charge < -0.3 is 5.32 Å². The van der Waals surface area contributed by atoms with Crippen LogP contribution in [0.3, 0.4) is 0 Å². The zero-order valence-electron chi connectivity index (χ0n) is 9.03. The smallest absolute Gasteiger partial charge is 0.225 e. The van der Waals surface area contributed by atoms with Gasteiger partial charge in [0, 0.05) is 11.8 Å². The molecule has 0 saturated heterocycles. The van der Waals surface area contributed by atoms with Gasteiger partial charge in [-0.25, -0.2) is 9.97 Å². The molecule has 0 aliphatic rings. The summed E-state index contributed by atoms with van der Waals surface area (Å²) >= 11 is 9.26. The number of halogens is 1. The molecule has 16 heavy (non-hydrogen) atoms. The third-order valence-electron chi connectivity index (χ3n) is 2.26. The van der Waals surface area contributed by atoms with Gasteiger partial charge in [0.05, 0.1) is 5.39 Å². The van der Waals surface area contributed by atoms with Crippen LogP contribution in [-0.4, -0.2) is 28.0 Å². The molecule has 0 fully saturated rings. The largest absolute Gasteiger partial charge is 0.368 e. The van der Waals surface area contributed by atoms with E-state index in [1.807, 2.05) is 23.2 Å². The maximum absolute atomic E-state index is 5.87. The van der Waals surface area contributed by atoms with E-state index in [1.165, 1.54) is 0 Å².